The molecule has 1 aliphatic rings. The van der Waals surface area contributed by atoms with Crippen LogP contribution in [0, 0.1) is 11.8 Å². The third kappa shape index (κ3) is 9.19. The molecule has 4 heteroatoms. The van der Waals surface area contributed by atoms with E-state index < -0.39 is 0 Å². The molecule has 0 aliphatic heterocycles. The van der Waals surface area contributed by atoms with Crippen LogP contribution in [0.3, 0.4) is 0 Å². The van der Waals surface area contributed by atoms with E-state index in [9.17, 15) is 4.79 Å². The van der Waals surface area contributed by atoms with Crippen molar-refractivity contribution >= 4 is 5.97 Å². The molecule has 0 spiro atoms. The highest BCUT2D eigenvalue weighted by molar-refractivity contribution is 5.72. The largest absolute Gasteiger partial charge is 0.423 e. The zero-order valence-electron chi connectivity index (χ0n) is 21.4. The number of esters is 1. The second-order valence-corrected chi connectivity index (χ2v) is 10.1. The Balaban J connectivity index is 1.39. The Bertz CT molecular complexity index is 824. The van der Waals surface area contributed by atoms with E-state index in [4.69, 9.17) is 4.74 Å². The summed E-state index contributed by atoms with van der Waals surface area (Å²) in [5.41, 5.74) is 2.39. The molecule has 1 fully saturated rings. The molecule has 4 nitrogen and oxygen atoms in total. The monoisotopic (exact) mass is 464 g/mol. The van der Waals surface area contributed by atoms with E-state index in [1.54, 1.807) is 12.4 Å². The van der Waals surface area contributed by atoms with Crippen molar-refractivity contribution in [2.24, 2.45) is 11.8 Å². The lowest BCUT2D eigenvalue weighted by atomic mass is 9.78. The van der Waals surface area contributed by atoms with Crippen molar-refractivity contribution < 1.29 is 9.53 Å². The first kappa shape index (κ1) is 26.4. The molecule has 0 radical (unpaired) electrons. The van der Waals surface area contributed by atoms with Gasteiger partial charge < -0.3 is 4.74 Å². The molecule has 1 aromatic carbocycles. The molecule has 186 valence electrons. The number of nitrogens with zero attached hydrogens (tertiary/aromatic N) is 2. The lowest BCUT2D eigenvalue weighted by Crippen LogP contribution is -2.15. The SMILES string of the molecule is CCCCCCC(=O)Oc1cnc(-c2ccc(CCC3CCC(CCCCC)CC3)cc2)nc1. The van der Waals surface area contributed by atoms with Crippen molar-refractivity contribution in [1.82, 2.24) is 9.97 Å². The summed E-state index contributed by atoms with van der Waals surface area (Å²) in [6.07, 6.45) is 21.7. The molecule has 0 saturated heterocycles. The first-order valence-corrected chi connectivity index (χ1v) is 13.8. The Hall–Kier alpha value is -2.23. The summed E-state index contributed by atoms with van der Waals surface area (Å²) in [6, 6.07) is 8.63. The van der Waals surface area contributed by atoms with Crippen LogP contribution in [0.2, 0.25) is 0 Å². The molecule has 2 aromatic rings. The Morgan fingerprint density at radius 3 is 2.09 bits per heavy atom. The lowest BCUT2D eigenvalue weighted by molar-refractivity contribution is -0.134. The van der Waals surface area contributed by atoms with Crippen LogP contribution in [-0.4, -0.2) is 15.9 Å². The van der Waals surface area contributed by atoms with Gasteiger partial charge in [0.15, 0.2) is 11.6 Å². The van der Waals surface area contributed by atoms with Gasteiger partial charge >= 0.3 is 5.97 Å². The number of aryl methyl sites for hydroxylation is 1. The first-order valence-electron chi connectivity index (χ1n) is 13.8. The predicted octanol–water partition coefficient (Wildman–Crippen LogP) is 8.34. The van der Waals surface area contributed by atoms with Crippen molar-refractivity contribution in [2.45, 2.75) is 110 Å². The summed E-state index contributed by atoms with van der Waals surface area (Å²) in [4.78, 5) is 20.7. The van der Waals surface area contributed by atoms with Crippen molar-refractivity contribution in [2.75, 3.05) is 0 Å². The molecular formula is C30H44N2O2. The third-order valence-corrected chi connectivity index (χ3v) is 7.33. The minimum Gasteiger partial charge on any atom is -0.423 e. The van der Waals surface area contributed by atoms with Gasteiger partial charge in [-0.2, -0.15) is 0 Å². The van der Waals surface area contributed by atoms with Crippen LogP contribution in [-0.2, 0) is 11.2 Å². The minimum absolute atomic E-state index is 0.207. The van der Waals surface area contributed by atoms with Gasteiger partial charge in [0.05, 0.1) is 12.4 Å². The standard InChI is InChI=1S/C30H44N2O2/c1-3-5-7-9-11-29(33)34-28-22-31-30(32-23-28)27-20-18-26(19-21-27)17-16-25-14-12-24(13-15-25)10-8-6-4-2/h18-25H,3-17H2,1-2H3. The number of aromatic nitrogens is 2. The molecule has 1 aromatic heterocycles. The highest BCUT2D eigenvalue weighted by Gasteiger charge is 2.20. The van der Waals surface area contributed by atoms with E-state index in [-0.39, 0.29) is 5.97 Å². The zero-order valence-corrected chi connectivity index (χ0v) is 21.4. The van der Waals surface area contributed by atoms with Gasteiger partial charge in [-0.15, -0.1) is 0 Å². The smallest absolute Gasteiger partial charge is 0.311 e. The van der Waals surface area contributed by atoms with Crippen molar-refractivity contribution in [3.63, 3.8) is 0 Å². The normalized spacial score (nSPS) is 18.1. The maximum atomic E-state index is 11.9. The molecule has 1 saturated carbocycles. The van der Waals surface area contributed by atoms with Gasteiger partial charge in [0.25, 0.3) is 0 Å². The zero-order chi connectivity index (χ0) is 24.0. The van der Waals surface area contributed by atoms with Crippen LogP contribution in [0.5, 0.6) is 5.75 Å². The van der Waals surface area contributed by atoms with Gasteiger partial charge in [-0.3, -0.25) is 4.79 Å². The lowest BCUT2D eigenvalue weighted by Gasteiger charge is -2.28. The molecule has 1 heterocycles. The highest BCUT2D eigenvalue weighted by Crippen LogP contribution is 2.34. The van der Waals surface area contributed by atoms with Gasteiger partial charge in [-0.05, 0) is 36.7 Å². The average molecular weight is 465 g/mol. The molecule has 0 N–H and O–H groups in total. The van der Waals surface area contributed by atoms with Gasteiger partial charge in [-0.1, -0.05) is 109 Å². The number of unbranched alkanes of at least 4 members (excludes halogenated alkanes) is 5. The van der Waals surface area contributed by atoms with E-state index in [1.165, 1.54) is 63.4 Å². The van der Waals surface area contributed by atoms with E-state index >= 15 is 0 Å². The quantitative estimate of drug-likeness (QED) is 0.208. The summed E-state index contributed by atoms with van der Waals surface area (Å²) in [5.74, 6) is 2.76. The number of carbonyl (C=O) groups is 1. The molecule has 0 atom stereocenters. The third-order valence-electron chi connectivity index (χ3n) is 7.33. The van der Waals surface area contributed by atoms with Crippen LogP contribution < -0.4 is 4.74 Å². The fourth-order valence-corrected chi connectivity index (χ4v) is 5.08. The number of rotatable bonds is 14. The maximum Gasteiger partial charge on any atom is 0.311 e. The summed E-state index contributed by atoms with van der Waals surface area (Å²) in [6.45, 7) is 4.45. The summed E-state index contributed by atoms with van der Waals surface area (Å²) >= 11 is 0. The molecule has 1 aliphatic carbocycles. The second-order valence-electron chi connectivity index (χ2n) is 10.1. The fraction of sp³-hybridized carbons (Fsp3) is 0.633. The van der Waals surface area contributed by atoms with Crippen LogP contribution in [0.4, 0.5) is 0 Å². The molecule has 0 unspecified atom stereocenters. The molecule has 34 heavy (non-hydrogen) atoms. The van der Waals surface area contributed by atoms with Gasteiger partial charge in [-0.25, -0.2) is 9.97 Å². The number of benzene rings is 1. The van der Waals surface area contributed by atoms with Gasteiger partial charge in [0, 0.05) is 12.0 Å². The van der Waals surface area contributed by atoms with Crippen LogP contribution in [0.25, 0.3) is 11.4 Å². The van der Waals surface area contributed by atoms with Gasteiger partial charge in [0.1, 0.15) is 0 Å². The van der Waals surface area contributed by atoms with Crippen LogP contribution >= 0.6 is 0 Å². The fourth-order valence-electron chi connectivity index (χ4n) is 5.08. The highest BCUT2D eigenvalue weighted by atomic mass is 16.5. The van der Waals surface area contributed by atoms with Crippen molar-refractivity contribution in [3.05, 3.63) is 42.2 Å². The molecule has 3 rings (SSSR count). The van der Waals surface area contributed by atoms with Crippen LogP contribution in [0.15, 0.2) is 36.7 Å². The van der Waals surface area contributed by atoms with E-state index in [1.807, 2.05) is 0 Å². The van der Waals surface area contributed by atoms with Crippen LogP contribution in [0.1, 0.15) is 109 Å². The molecule has 0 bridgehead atoms. The average Bonchev–Trinajstić information content (AvgIpc) is 2.87. The van der Waals surface area contributed by atoms with E-state index in [0.717, 1.165) is 49.5 Å². The number of hydrogen-bond donors (Lipinski definition) is 0. The Labute approximate surface area is 206 Å². The molecule has 0 amide bonds. The predicted molar refractivity (Wildman–Crippen MR) is 140 cm³/mol. The maximum absolute atomic E-state index is 11.9. The summed E-state index contributed by atoms with van der Waals surface area (Å²) in [5, 5.41) is 0. The van der Waals surface area contributed by atoms with Crippen molar-refractivity contribution in [1.29, 1.82) is 0 Å². The van der Waals surface area contributed by atoms with Crippen molar-refractivity contribution in [3.8, 4) is 17.1 Å². The number of carbonyl (C=O) groups excluding carboxylic acids is 1. The van der Waals surface area contributed by atoms with E-state index in [0.29, 0.717) is 18.0 Å². The Morgan fingerprint density at radius 2 is 1.44 bits per heavy atom. The summed E-state index contributed by atoms with van der Waals surface area (Å²) in [7, 11) is 0. The summed E-state index contributed by atoms with van der Waals surface area (Å²) < 4.78 is 5.36. The van der Waals surface area contributed by atoms with E-state index in [2.05, 4.69) is 48.1 Å². The molecular weight excluding hydrogens is 420 g/mol. The topological polar surface area (TPSA) is 52.1 Å². The first-order chi connectivity index (χ1) is 16.7. The number of hydrogen-bond acceptors (Lipinski definition) is 4. The minimum atomic E-state index is -0.207. The Kier molecular flexibility index (Phi) is 11.6. The Morgan fingerprint density at radius 1 is 0.824 bits per heavy atom. The number of ether oxygens (including phenoxy) is 1. The second kappa shape index (κ2) is 14.9. The van der Waals surface area contributed by atoms with Gasteiger partial charge in [0.2, 0.25) is 0 Å².